The monoisotopic (exact) mass is 234 g/mol. The molecule has 0 saturated carbocycles. The van der Waals surface area contributed by atoms with Gasteiger partial charge in [-0.1, -0.05) is 4.79 Å². The quantitative estimate of drug-likeness (QED) is 0.147. The minimum Gasteiger partial charge on any atom is -0.378 e. The van der Waals surface area contributed by atoms with E-state index >= 15 is 0 Å². The first-order valence-electron chi connectivity index (χ1n) is 4.66. The van der Waals surface area contributed by atoms with Crippen LogP contribution in [0.3, 0.4) is 0 Å². The Kier molecular flexibility index (Phi) is 3.69. The van der Waals surface area contributed by atoms with E-state index in [-0.39, 0.29) is 5.56 Å². The van der Waals surface area contributed by atoms with Gasteiger partial charge in [0.15, 0.2) is 0 Å². The maximum atomic E-state index is 11.6. The largest absolute Gasteiger partial charge is 0.652 e. The van der Waals surface area contributed by atoms with Crippen molar-refractivity contribution in [1.82, 2.24) is 0 Å². The van der Waals surface area contributed by atoms with Gasteiger partial charge in [0.1, 0.15) is 4.92 Å². The molecule has 0 aliphatic rings. The molecule has 0 unspecified atom stereocenters. The van der Waals surface area contributed by atoms with Gasteiger partial charge in [0, 0.05) is 25.3 Å². The number of carbonyl (C=O) groups excluding carboxylic acids is 1. The summed E-state index contributed by atoms with van der Waals surface area (Å²) in [6.07, 6.45) is 0. The lowest BCUT2D eigenvalue weighted by Crippen LogP contribution is -2.24. The third-order valence-corrected chi connectivity index (χ3v) is 2.12. The molecule has 0 spiro atoms. The van der Waals surface area contributed by atoms with Crippen molar-refractivity contribution in [3.8, 4) is 0 Å². The van der Waals surface area contributed by atoms with Crippen LogP contribution in [-0.4, -0.2) is 35.4 Å². The van der Waals surface area contributed by atoms with E-state index in [1.165, 1.54) is 12.1 Å². The third kappa shape index (κ3) is 2.73. The minimum atomic E-state index is -1.09. The summed E-state index contributed by atoms with van der Waals surface area (Å²) < 4.78 is 0. The van der Waals surface area contributed by atoms with Crippen LogP contribution in [0, 0.1) is 10.1 Å². The highest BCUT2D eigenvalue weighted by atomic mass is 16.6. The average Bonchev–Trinajstić information content (AvgIpc) is 2.29. The Hall–Kier alpha value is -2.53. The molecule has 0 atom stereocenters. The molecular formula is C10H10N4O3. The standard InChI is InChI=1S/C10H10N4O3/c1-13(2)8-5-3-7(4-6-8)9(15)10(12-11)14(16)17/h3-6H,1-2H3. The average molecular weight is 234 g/mol. The van der Waals surface area contributed by atoms with E-state index in [0.29, 0.717) is 0 Å². The molecular weight excluding hydrogens is 224 g/mol. The molecule has 88 valence electrons. The van der Waals surface area contributed by atoms with Crippen molar-refractivity contribution in [2.45, 2.75) is 0 Å². The van der Waals surface area contributed by atoms with Crippen molar-refractivity contribution < 1.29 is 14.5 Å². The first kappa shape index (κ1) is 12.5. The smallest absolute Gasteiger partial charge is 0.378 e. The van der Waals surface area contributed by atoms with Crippen molar-refractivity contribution in [3.05, 3.63) is 45.5 Å². The Labute approximate surface area is 97.0 Å². The van der Waals surface area contributed by atoms with E-state index in [1.807, 2.05) is 19.0 Å². The van der Waals surface area contributed by atoms with E-state index in [2.05, 4.69) is 4.79 Å². The van der Waals surface area contributed by atoms with E-state index in [1.54, 1.807) is 12.1 Å². The topological polar surface area (TPSA) is 99.9 Å². The lowest BCUT2D eigenvalue weighted by molar-refractivity contribution is -0.379. The van der Waals surface area contributed by atoms with Crippen molar-refractivity contribution in [1.29, 1.82) is 0 Å². The molecule has 0 aromatic heterocycles. The van der Waals surface area contributed by atoms with Crippen LogP contribution in [0.1, 0.15) is 10.4 Å². The Morgan fingerprint density at radius 3 is 2.24 bits per heavy atom. The summed E-state index contributed by atoms with van der Waals surface area (Å²) in [5, 5.41) is 10.4. The molecule has 0 fully saturated rings. The van der Waals surface area contributed by atoms with Crippen LogP contribution in [0.25, 0.3) is 5.53 Å². The number of amidine groups is 1. The second-order valence-electron chi connectivity index (χ2n) is 3.45. The number of nitro groups is 1. The molecule has 1 aromatic carbocycles. The van der Waals surface area contributed by atoms with Crippen LogP contribution in [-0.2, 0) is 0 Å². The summed E-state index contributed by atoms with van der Waals surface area (Å²) >= 11 is 0. The summed E-state index contributed by atoms with van der Waals surface area (Å²) in [6.45, 7) is 0. The molecule has 17 heavy (non-hydrogen) atoms. The number of carbonyl (C=O) groups is 1. The molecule has 0 N–H and O–H groups in total. The van der Waals surface area contributed by atoms with Gasteiger partial charge in [-0.3, -0.25) is 14.9 Å². The van der Waals surface area contributed by atoms with Gasteiger partial charge in [-0.25, -0.2) is 0 Å². The minimum absolute atomic E-state index is 0.0973. The number of Topliss-reactive ketones (excluding diaryl/α,β-unsaturated/α-hetero) is 1. The number of hydrogen-bond donors (Lipinski definition) is 0. The molecule has 0 bridgehead atoms. The van der Waals surface area contributed by atoms with Crippen LogP contribution < -0.4 is 4.90 Å². The zero-order chi connectivity index (χ0) is 13.0. The first-order chi connectivity index (χ1) is 7.97. The van der Waals surface area contributed by atoms with Crippen LogP contribution >= 0.6 is 0 Å². The maximum Gasteiger partial charge on any atom is 0.652 e. The fourth-order valence-corrected chi connectivity index (χ4v) is 1.20. The fourth-order valence-electron chi connectivity index (χ4n) is 1.20. The van der Waals surface area contributed by atoms with Crippen LogP contribution in [0.2, 0.25) is 0 Å². The fraction of sp³-hybridized carbons (Fsp3) is 0.200. The highest BCUT2D eigenvalue weighted by Crippen LogP contribution is 2.12. The van der Waals surface area contributed by atoms with Crippen molar-refractivity contribution in [2.75, 3.05) is 19.0 Å². The zero-order valence-corrected chi connectivity index (χ0v) is 9.32. The molecule has 0 radical (unpaired) electrons. The van der Waals surface area contributed by atoms with Gasteiger partial charge in [0.25, 0.3) is 0 Å². The van der Waals surface area contributed by atoms with Gasteiger partial charge < -0.3 is 10.4 Å². The van der Waals surface area contributed by atoms with E-state index in [4.69, 9.17) is 5.53 Å². The Morgan fingerprint density at radius 2 is 1.88 bits per heavy atom. The van der Waals surface area contributed by atoms with Gasteiger partial charge in [-0.2, -0.15) is 0 Å². The van der Waals surface area contributed by atoms with Gasteiger partial charge in [0.2, 0.25) is 0 Å². The second kappa shape index (κ2) is 5.00. The van der Waals surface area contributed by atoms with Gasteiger partial charge >= 0.3 is 11.6 Å². The molecule has 0 heterocycles. The van der Waals surface area contributed by atoms with Gasteiger partial charge in [-0.15, -0.1) is 0 Å². The molecule has 0 amide bonds. The van der Waals surface area contributed by atoms with E-state index in [9.17, 15) is 14.9 Å². The summed E-state index contributed by atoms with van der Waals surface area (Å²) in [4.78, 5) is 25.1. The lowest BCUT2D eigenvalue weighted by Gasteiger charge is -2.11. The molecule has 0 saturated heterocycles. The molecule has 7 nitrogen and oxygen atoms in total. The van der Waals surface area contributed by atoms with Crippen LogP contribution in [0.5, 0.6) is 0 Å². The number of hydrogen-bond acceptors (Lipinski definition) is 4. The van der Waals surface area contributed by atoms with Crippen molar-refractivity contribution >= 4 is 17.3 Å². The van der Waals surface area contributed by atoms with Crippen molar-refractivity contribution in [2.24, 2.45) is 0 Å². The summed E-state index contributed by atoms with van der Waals surface area (Å²) in [7, 11) is 3.66. The van der Waals surface area contributed by atoms with Gasteiger partial charge in [-0.05, 0) is 24.3 Å². The molecule has 1 rings (SSSR count). The zero-order valence-electron chi connectivity index (χ0n) is 9.32. The predicted molar refractivity (Wildman–Crippen MR) is 60.7 cm³/mol. The predicted octanol–water partition coefficient (Wildman–Crippen LogP) is 0.840. The van der Waals surface area contributed by atoms with Crippen molar-refractivity contribution in [3.63, 3.8) is 0 Å². The molecule has 1 aromatic rings. The third-order valence-electron chi connectivity index (χ3n) is 2.12. The van der Waals surface area contributed by atoms with E-state index in [0.717, 1.165) is 5.69 Å². The molecule has 7 heteroatoms. The van der Waals surface area contributed by atoms with Crippen LogP contribution in [0.4, 0.5) is 5.69 Å². The number of ketones is 1. The summed E-state index contributed by atoms with van der Waals surface area (Å²) in [6, 6.07) is 6.16. The number of anilines is 1. The van der Waals surface area contributed by atoms with Gasteiger partial charge in [0.05, 0.1) is 0 Å². The highest BCUT2D eigenvalue weighted by Gasteiger charge is 2.35. The Bertz CT molecular complexity index is 501. The number of nitrogens with zero attached hydrogens (tertiary/aromatic N) is 4. The summed E-state index contributed by atoms with van der Waals surface area (Å²) in [5.74, 6) is -2.02. The number of rotatable bonds is 3. The maximum absolute atomic E-state index is 11.6. The highest BCUT2D eigenvalue weighted by molar-refractivity contribution is 6.40. The second-order valence-corrected chi connectivity index (χ2v) is 3.45. The molecule has 0 aliphatic carbocycles. The first-order valence-corrected chi connectivity index (χ1v) is 4.66. The SMILES string of the molecule is CN(C)c1ccc(C(=O)C(=[N+]=[N-])[N+](=O)[O-])cc1. The van der Waals surface area contributed by atoms with Crippen LogP contribution in [0.15, 0.2) is 24.3 Å². The molecule has 0 aliphatic heterocycles. The Balaban J connectivity index is 3.06. The normalized spacial score (nSPS) is 9.29. The summed E-state index contributed by atoms with van der Waals surface area (Å²) in [5.41, 5.74) is 9.34. The van der Waals surface area contributed by atoms with E-state index < -0.39 is 16.5 Å². The number of benzene rings is 1. The Morgan fingerprint density at radius 1 is 1.35 bits per heavy atom. The lowest BCUT2D eigenvalue weighted by atomic mass is 10.1.